The van der Waals surface area contributed by atoms with E-state index in [2.05, 4.69) is 45.0 Å². The van der Waals surface area contributed by atoms with Crippen LogP contribution in [0.3, 0.4) is 0 Å². The molecule has 0 N–H and O–H groups in total. The molecule has 2 saturated carbocycles. The largest absolute Gasteiger partial charge is 0.0683 e. The Morgan fingerprint density at radius 1 is 0.750 bits per heavy atom. The van der Waals surface area contributed by atoms with E-state index in [-0.39, 0.29) is 0 Å². The number of hydrogen-bond donors (Lipinski definition) is 0. The predicted molar refractivity (Wildman–Crippen MR) is 108 cm³/mol. The van der Waals surface area contributed by atoms with Crippen molar-refractivity contribution >= 4 is 0 Å². The van der Waals surface area contributed by atoms with Gasteiger partial charge in [-0.2, -0.15) is 0 Å². The van der Waals surface area contributed by atoms with Crippen molar-refractivity contribution in [2.75, 3.05) is 0 Å². The van der Waals surface area contributed by atoms with Crippen LogP contribution >= 0.6 is 0 Å². The van der Waals surface area contributed by atoms with Crippen LogP contribution in [0.5, 0.6) is 0 Å². The summed E-state index contributed by atoms with van der Waals surface area (Å²) in [5.41, 5.74) is 2.97. The van der Waals surface area contributed by atoms with Crippen LogP contribution in [0.4, 0.5) is 0 Å². The van der Waals surface area contributed by atoms with E-state index < -0.39 is 0 Å². The standard InChI is InChI=1S/C22H34.C2H6/c1-16-4-8-19(9-5-16)18(3)20-12-14-22(15-13-20)21-10-6-17(2)7-11-21;1-2/h6-7,10-11,16,18-20,22H,4-5,8-9,12-15H2,1-3H3;1-2H3. The molecular weight excluding hydrogens is 288 g/mol. The van der Waals surface area contributed by atoms with Crippen LogP contribution in [-0.4, -0.2) is 0 Å². The van der Waals surface area contributed by atoms with Gasteiger partial charge < -0.3 is 0 Å². The zero-order valence-electron chi connectivity index (χ0n) is 16.9. The quantitative estimate of drug-likeness (QED) is 0.532. The minimum Gasteiger partial charge on any atom is -0.0683 e. The van der Waals surface area contributed by atoms with E-state index in [1.165, 1.54) is 56.9 Å². The molecule has 1 aromatic carbocycles. The van der Waals surface area contributed by atoms with E-state index >= 15 is 0 Å². The Hall–Kier alpha value is -0.780. The van der Waals surface area contributed by atoms with Crippen molar-refractivity contribution in [2.24, 2.45) is 23.7 Å². The second-order valence-electron chi connectivity index (χ2n) is 8.40. The molecule has 0 nitrogen and oxygen atoms in total. The van der Waals surface area contributed by atoms with Crippen LogP contribution in [0.25, 0.3) is 0 Å². The first-order chi connectivity index (χ1) is 11.6. The molecule has 0 aliphatic heterocycles. The third-order valence-corrected chi connectivity index (χ3v) is 6.87. The van der Waals surface area contributed by atoms with Gasteiger partial charge in [0.1, 0.15) is 0 Å². The maximum Gasteiger partial charge on any atom is -0.0162 e. The molecule has 0 bridgehead atoms. The van der Waals surface area contributed by atoms with Gasteiger partial charge in [-0.1, -0.05) is 70.4 Å². The lowest BCUT2D eigenvalue weighted by molar-refractivity contribution is 0.138. The highest BCUT2D eigenvalue weighted by molar-refractivity contribution is 5.24. The molecule has 0 amide bonds. The topological polar surface area (TPSA) is 0 Å². The molecule has 1 atom stereocenters. The third kappa shape index (κ3) is 5.11. The summed E-state index contributed by atoms with van der Waals surface area (Å²) in [5, 5.41) is 0. The molecule has 1 unspecified atom stereocenters. The van der Waals surface area contributed by atoms with Crippen molar-refractivity contribution in [2.45, 2.75) is 91.9 Å². The molecule has 3 rings (SSSR count). The van der Waals surface area contributed by atoms with E-state index in [0.29, 0.717) is 0 Å². The maximum atomic E-state index is 2.57. The second-order valence-corrected chi connectivity index (χ2v) is 8.40. The van der Waals surface area contributed by atoms with Crippen molar-refractivity contribution in [1.29, 1.82) is 0 Å². The summed E-state index contributed by atoms with van der Waals surface area (Å²) in [4.78, 5) is 0. The Labute approximate surface area is 151 Å². The predicted octanol–water partition coefficient (Wildman–Crippen LogP) is 7.76. The van der Waals surface area contributed by atoms with Gasteiger partial charge >= 0.3 is 0 Å². The summed E-state index contributed by atoms with van der Waals surface area (Å²) in [5.74, 6) is 4.81. The van der Waals surface area contributed by atoms with Crippen LogP contribution in [0.15, 0.2) is 24.3 Å². The SMILES string of the molecule is CC.Cc1ccc(C2CCC(C(C)C3CCC(C)CC3)CC2)cc1. The highest BCUT2D eigenvalue weighted by atomic mass is 14.4. The lowest BCUT2D eigenvalue weighted by atomic mass is 9.67. The van der Waals surface area contributed by atoms with Crippen molar-refractivity contribution in [3.8, 4) is 0 Å². The molecule has 0 radical (unpaired) electrons. The second kappa shape index (κ2) is 9.64. The van der Waals surface area contributed by atoms with Crippen LogP contribution in [-0.2, 0) is 0 Å². The summed E-state index contributed by atoms with van der Waals surface area (Å²) >= 11 is 0. The molecule has 0 spiro atoms. The first-order valence-corrected chi connectivity index (χ1v) is 10.7. The van der Waals surface area contributed by atoms with Crippen LogP contribution in [0.2, 0.25) is 0 Å². The van der Waals surface area contributed by atoms with Gasteiger partial charge in [0, 0.05) is 0 Å². The molecule has 2 aliphatic carbocycles. The van der Waals surface area contributed by atoms with Crippen LogP contribution in [0.1, 0.15) is 96.1 Å². The number of rotatable bonds is 3. The number of benzene rings is 1. The minimum atomic E-state index is 0.829. The molecule has 0 heteroatoms. The monoisotopic (exact) mass is 328 g/mol. The van der Waals surface area contributed by atoms with Crippen LogP contribution in [0, 0.1) is 30.6 Å². The van der Waals surface area contributed by atoms with Crippen molar-refractivity contribution < 1.29 is 0 Å². The lowest BCUT2D eigenvalue weighted by Crippen LogP contribution is -2.27. The zero-order valence-corrected chi connectivity index (χ0v) is 16.9. The van der Waals surface area contributed by atoms with Gasteiger partial charge in [0.15, 0.2) is 0 Å². The van der Waals surface area contributed by atoms with Gasteiger partial charge in [0.2, 0.25) is 0 Å². The Morgan fingerprint density at radius 2 is 1.21 bits per heavy atom. The van der Waals surface area contributed by atoms with Crippen LogP contribution < -0.4 is 0 Å². The van der Waals surface area contributed by atoms with E-state index in [0.717, 1.165) is 29.6 Å². The maximum absolute atomic E-state index is 2.57. The lowest BCUT2D eigenvalue weighted by Gasteiger charge is -2.38. The fourth-order valence-electron chi connectivity index (χ4n) is 5.01. The Kier molecular flexibility index (Phi) is 7.85. The highest BCUT2D eigenvalue weighted by Gasteiger charge is 2.31. The Bertz CT molecular complexity index is 441. The fraction of sp³-hybridized carbons (Fsp3) is 0.750. The van der Waals surface area contributed by atoms with Crippen molar-refractivity contribution in [3.05, 3.63) is 35.4 Å². The fourth-order valence-corrected chi connectivity index (χ4v) is 5.01. The normalized spacial score (nSPS) is 31.7. The molecule has 2 fully saturated rings. The third-order valence-electron chi connectivity index (χ3n) is 6.87. The van der Waals surface area contributed by atoms with Gasteiger partial charge in [-0.25, -0.2) is 0 Å². The highest BCUT2D eigenvalue weighted by Crippen LogP contribution is 2.44. The summed E-state index contributed by atoms with van der Waals surface area (Å²) in [6, 6.07) is 9.30. The van der Waals surface area contributed by atoms with E-state index in [1.54, 1.807) is 5.56 Å². The van der Waals surface area contributed by atoms with E-state index in [9.17, 15) is 0 Å². The molecule has 2 aliphatic rings. The van der Waals surface area contributed by atoms with Gasteiger partial charge in [-0.15, -0.1) is 0 Å². The minimum absolute atomic E-state index is 0.829. The van der Waals surface area contributed by atoms with Gasteiger partial charge in [0.05, 0.1) is 0 Å². The first-order valence-electron chi connectivity index (χ1n) is 10.7. The van der Waals surface area contributed by atoms with E-state index in [4.69, 9.17) is 0 Å². The van der Waals surface area contributed by atoms with Gasteiger partial charge in [0.25, 0.3) is 0 Å². The van der Waals surface area contributed by atoms with Gasteiger partial charge in [-0.3, -0.25) is 0 Å². The summed E-state index contributed by atoms with van der Waals surface area (Å²) in [7, 11) is 0. The average molecular weight is 329 g/mol. The Balaban J connectivity index is 0.00000100. The number of hydrogen-bond acceptors (Lipinski definition) is 0. The van der Waals surface area contributed by atoms with Gasteiger partial charge in [-0.05, 0) is 80.6 Å². The summed E-state index contributed by atoms with van der Waals surface area (Å²) in [6.45, 7) is 11.2. The van der Waals surface area contributed by atoms with Crippen molar-refractivity contribution in [1.82, 2.24) is 0 Å². The molecule has 136 valence electrons. The summed E-state index contributed by atoms with van der Waals surface area (Å²) in [6.07, 6.45) is 11.7. The zero-order chi connectivity index (χ0) is 17.5. The Morgan fingerprint density at radius 3 is 1.71 bits per heavy atom. The molecular formula is C24H40. The first kappa shape index (κ1) is 19.5. The molecule has 24 heavy (non-hydrogen) atoms. The summed E-state index contributed by atoms with van der Waals surface area (Å²) < 4.78 is 0. The smallest absolute Gasteiger partial charge is 0.0162 e. The molecule has 0 aromatic heterocycles. The van der Waals surface area contributed by atoms with E-state index in [1.807, 2.05) is 13.8 Å². The van der Waals surface area contributed by atoms with Crippen molar-refractivity contribution in [3.63, 3.8) is 0 Å². The molecule has 1 aromatic rings. The number of aryl methyl sites for hydroxylation is 1. The molecule has 0 heterocycles. The average Bonchev–Trinajstić information content (AvgIpc) is 2.64. The molecule has 0 saturated heterocycles.